The molecule has 2 nitrogen and oxygen atoms in total. The third kappa shape index (κ3) is 7.85. The summed E-state index contributed by atoms with van der Waals surface area (Å²) in [5.74, 6) is 1.11. The monoisotopic (exact) mass is 362 g/mol. The minimum atomic E-state index is -2.78. The van der Waals surface area contributed by atoms with E-state index in [0.29, 0.717) is 0 Å². The summed E-state index contributed by atoms with van der Waals surface area (Å²) in [6, 6.07) is 15.0. The van der Waals surface area contributed by atoms with Gasteiger partial charge in [-0.2, -0.15) is 8.78 Å². The highest BCUT2D eigenvalue weighted by atomic mass is 19.3. The minimum Gasteiger partial charge on any atom is -0.494 e. The SMILES string of the molecule is CCCCCCCOc1ccc(CCc2ccc(OC(F)F)cc2)cc1. The molecule has 0 spiro atoms. The van der Waals surface area contributed by atoms with Crippen LogP contribution in [0, 0.1) is 0 Å². The van der Waals surface area contributed by atoms with Crippen molar-refractivity contribution in [2.75, 3.05) is 6.61 Å². The summed E-state index contributed by atoms with van der Waals surface area (Å²) < 4.78 is 34.4. The Kier molecular flexibility index (Phi) is 8.94. The molecule has 142 valence electrons. The van der Waals surface area contributed by atoms with Gasteiger partial charge in [-0.1, -0.05) is 56.9 Å². The number of rotatable bonds is 12. The molecule has 0 N–H and O–H groups in total. The van der Waals surface area contributed by atoms with Gasteiger partial charge >= 0.3 is 6.61 Å². The lowest BCUT2D eigenvalue weighted by Gasteiger charge is -2.08. The van der Waals surface area contributed by atoms with Gasteiger partial charge < -0.3 is 9.47 Å². The van der Waals surface area contributed by atoms with E-state index in [-0.39, 0.29) is 5.75 Å². The van der Waals surface area contributed by atoms with Crippen molar-refractivity contribution in [3.8, 4) is 11.5 Å². The quantitative estimate of drug-likeness (QED) is 0.405. The van der Waals surface area contributed by atoms with E-state index in [2.05, 4.69) is 23.8 Å². The zero-order valence-electron chi connectivity index (χ0n) is 15.4. The van der Waals surface area contributed by atoms with Gasteiger partial charge in [-0.15, -0.1) is 0 Å². The Balaban J connectivity index is 1.70. The van der Waals surface area contributed by atoms with Crippen LogP contribution < -0.4 is 9.47 Å². The Labute approximate surface area is 155 Å². The molecule has 0 heterocycles. The van der Waals surface area contributed by atoms with Gasteiger partial charge in [0.05, 0.1) is 6.61 Å². The number of unbranched alkanes of at least 4 members (excludes halogenated alkanes) is 4. The number of hydrogen-bond acceptors (Lipinski definition) is 2. The molecular weight excluding hydrogens is 334 g/mol. The normalized spacial score (nSPS) is 10.9. The van der Waals surface area contributed by atoms with Crippen molar-refractivity contribution in [3.05, 3.63) is 59.7 Å². The van der Waals surface area contributed by atoms with Crippen molar-refractivity contribution in [3.63, 3.8) is 0 Å². The van der Waals surface area contributed by atoms with Crippen LogP contribution in [-0.4, -0.2) is 13.2 Å². The first-order valence-corrected chi connectivity index (χ1v) is 9.43. The molecule has 0 unspecified atom stereocenters. The van der Waals surface area contributed by atoms with Gasteiger partial charge in [0.2, 0.25) is 0 Å². The molecule has 0 aromatic heterocycles. The molecule has 0 aliphatic carbocycles. The Morgan fingerprint density at radius 3 is 1.81 bits per heavy atom. The van der Waals surface area contributed by atoms with E-state index in [9.17, 15) is 8.78 Å². The highest BCUT2D eigenvalue weighted by Crippen LogP contribution is 2.18. The van der Waals surface area contributed by atoms with Crippen LogP contribution in [-0.2, 0) is 12.8 Å². The van der Waals surface area contributed by atoms with Gasteiger partial charge in [-0.3, -0.25) is 0 Å². The minimum absolute atomic E-state index is 0.194. The van der Waals surface area contributed by atoms with Gasteiger partial charge in [0.1, 0.15) is 11.5 Å². The van der Waals surface area contributed by atoms with Crippen molar-refractivity contribution >= 4 is 0 Å². The van der Waals surface area contributed by atoms with Gasteiger partial charge in [-0.25, -0.2) is 0 Å². The van der Waals surface area contributed by atoms with Crippen molar-refractivity contribution < 1.29 is 18.3 Å². The van der Waals surface area contributed by atoms with Crippen LogP contribution in [0.15, 0.2) is 48.5 Å². The fraction of sp³-hybridized carbons (Fsp3) is 0.455. The average molecular weight is 362 g/mol. The first-order valence-electron chi connectivity index (χ1n) is 9.43. The predicted octanol–water partition coefficient (Wildman–Crippen LogP) is 6.42. The lowest BCUT2D eigenvalue weighted by Crippen LogP contribution is -2.01. The molecule has 2 rings (SSSR count). The van der Waals surface area contributed by atoms with E-state index in [1.165, 1.54) is 31.2 Å². The summed E-state index contributed by atoms with van der Waals surface area (Å²) in [7, 11) is 0. The highest BCUT2D eigenvalue weighted by Gasteiger charge is 2.04. The van der Waals surface area contributed by atoms with Crippen LogP contribution in [0.3, 0.4) is 0 Å². The molecule has 2 aromatic rings. The molecule has 0 aliphatic rings. The lowest BCUT2D eigenvalue weighted by atomic mass is 10.0. The van der Waals surface area contributed by atoms with Crippen LogP contribution >= 0.6 is 0 Å². The van der Waals surface area contributed by atoms with Crippen LogP contribution in [0.4, 0.5) is 8.78 Å². The molecule has 0 radical (unpaired) electrons. The summed E-state index contributed by atoms with van der Waals surface area (Å²) in [5.41, 5.74) is 2.33. The molecule has 0 amide bonds. The molecule has 0 saturated heterocycles. The van der Waals surface area contributed by atoms with Crippen LogP contribution in [0.1, 0.15) is 50.2 Å². The molecule has 26 heavy (non-hydrogen) atoms. The summed E-state index contributed by atoms with van der Waals surface area (Å²) in [6.07, 6.45) is 7.93. The second-order valence-corrected chi connectivity index (χ2v) is 6.43. The van der Waals surface area contributed by atoms with Crippen molar-refractivity contribution in [1.82, 2.24) is 0 Å². The van der Waals surface area contributed by atoms with Gasteiger partial charge in [0.25, 0.3) is 0 Å². The molecule has 4 heteroatoms. The first-order chi connectivity index (χ1) is 12.7. The van der Waals surface area contributed by atoms with E-state index in [1.54, 1.807) is 12.1 Å². The number of hydrogen-bond donors (Lipinski definition) is 0. The van der Waals surface area contributed by atoms with E-state index in [0.717, 1.165) is 37.2 Å². The van der Waals surface area contributed by atoms with Gasteiger partial charge in [0.15, 0.2) is 0 Å². The maximum Gasteiger partial charge on any atom is 0.387 e. The number of benzene rings is 2. The van der Waals surface area contributed by atoms with Gasteiger partial charge in [-0.05, 0) is 54.7 Å². The fourth-order valence-electron chi connectivity index (χ4n) is 2.77. The standard InChI is InChI=1S/C22H28F2O2/c1-2-3-4-5-6-17-25-20-13-9-18(10-14-20)7-8-19-11-15-21(16-12-19)26-22(23)24/h9-16,22H,2-8,17H2,1H3. The Bertz CT molecular complexity index is 609. The van der Waals surface area contributed by atoms with E-state index in [4.69, 9.17) is 4.74 Å². The Morgan fingerprint density at radius 1 is 0.731 bits per heavy atom. The van der Waals surface area contributed by atoms with Crippen LogP contribution in [0.25, 0.3) is 0 Å². The number of halogens is 2. The highest BCUT2D eigenvalue weighted by molar-refractivity contribution is 5.30. The van der Waals surface area contributed by atoms with E-state index >= 15 is 0 Å². The van der Waals surface area contributed by atoms with Crippen molar-refractivity contribution in [1.29, 1.82) is 0 Å². The second-order valence-electron chi connectivity index (χ2n) is 6.43. The molecule has 0 saturated carbocycles. The summed E-state index contributed by atoms with van der Waals surface area (Å²) in [6.45, 7) is 0.211. The summed E-state index contributed by atoms with van der Waals surface area (Å²) in [4.78, 5) is 0. The van der Waals surface area contributed by atoms with E-state index < -0.39 is 6.61 Å². The zero-order valence-corrected chi connectivity index (χ0v) is 15.4. The molecule has 0 atom stereocenters. The first kappa shape index (κ1) is 20.2. The van der Waals surface area contributed by atoms with E-state index in [1.807, 2.05) is 24.3 Å². The molecule has 2 aromatic carbocycles. The van der Waals surface area contributed by atoms with Crippen molar-refractivity contribution in [2.45, 2.75) is 58.5 Å². The molecule has 0 fully saturated rings. The maximum atomic E-state index is 12.1. The summed E-state index contributed by atoms with van der Waals surface area (Å²) >= 11 is 0. The Morgan fingerprint density at radius 2 is 1.27 bits per heavy atom. The third-order valence-corrected chi connectivity index (χ3v) is 4.29. The molecule has 0 bridgehead atoms. The smallest absolute Gasteiger partial charge is 0.387 e. The van der Waals surface area contributed by atoms with Crippen molar-refractivity contribution in [2.24, 2.45) is 0 Å². The zero-order chi connectivity index (χ0) is 18.6. The third-order valence-electron chi connectivity index (χ3n) is 4.29. The predicted molar refractivity (Wildman–Crippen MR) is 101 cm³/mol. The number of ether oxygens (including phenoxy) is 2. The second kappa shape index (κ2) is 11.5. The van der Waals surface area contributed by atoms with Gasteiger partial charge in [0, 0.05) is 0 Å². The maximum absolute atomic E-state index is 12.1. The van der Waals surface area contributed by atoms with Crippen LogP contribution in [0.2, 0.25) is 0 Å². The number of alkyl halides is 2. The molecule has 0 aliphatic heterocycles. The number of aryl methyl sites for hydroxylation is 2. The molecular formula is C22H28F2O2. The lowest BCUT2D eigenvalue weighted by molar-refractivity contribution is -0.0498. The Hall–Kier alpha value is -2.10. The van der Waals surface area contributed by atoms with Crippen LogP contribution in [0.5, 0.6) is 11.5 Å². The largest absolute Gasteiger partial charge is 0.494 e. The average Bonchev–Trinajstić information content (AvgIpc) is 2.64. The topological polar surface area (TPSA) is 18.5 Å². The summed E-state index contributed by atoms with van der Waals surface area (Å²) in [5, 5.41) is 0. The fourth-order valence-corrected chi connectivity index (χ4v) is 2.77.